The summed E-state index contributed by atoms with van der Waals surface area (Å²) in [6.07, 6.45) is 0. The van der Waals surface area contributed by atoms with E-state index in [-0.39, 0.29) is 0 Å². The summed E-state index contributed by atoms with van der Waals surface area (Å²) in [5.41, 5.74) is 11.4. The van der Waals surface area contributed by atoms with Crippen molar-refractivity contribution in [2.24, 2.45) is 0 Å². The number of ether oxygens (including phenoxy) is 1. The molecule has 1 aliphatic carbocycles. The van der Waals surface area contributed by atoms with Crippen LogP contribution in [-0.2, 0) is 5.41 Å². The fourth-order valence-corrected chi connectivity index (χ4v) is 15.2. The normalized spacial score (nSPS) is 13.0. The quantitative estimate of drug-likeness (QED) is 0.119. The summed E-state index contributed by atoms with van der Waals surface area (Å²) < 4.78 is 6.78. The van der Waals surface area contributed by atoms with Gasteiger partial charge in [-0.1, -0.05) is 212 Å². The van der Waals surface area contributed by atoms with Crippen molar-refractivity contribution in [1.29, 1.82) is 0 Å². The first-order valence-electron chi connectivity index (χ1n) is 21.6. The zero-order valence-corrected chi connectivity index (χ0v) is 35.4. The number of aromatic nitrogens is 2. The molecule has 0 atom stereocenters. The van der Waals surface area contributed by atoms with E-state index in [1.165, 1.54) is 43.0 Å². The van der Waals surface area contributed by atoms with E-state index in [4.69, 9.17) is 14.7 Å². The Hall–Kier alpha value is -7.92. The van der Waals surface area contributed by atoms with Crippen LogP contribution in [0, 0.1) is 0 Å². The molecule has 0 N–H and O–H groups in total. The molecule has 63 heavy (non-hydrogen) atoms. The Bertz CT molecular complexity index is 3160. The molecule has 0 saturated heterocycles. The van der Waals surface area contributed by atoms with E-state index in [2.05, 4.69) is 237 Å². The second kappa shape index (κ2) is 14.9. The maximum atomic E-state index is 6.78. The van der Waals surface area contributed by atoms with Crippen LogP contribution in [0.1, 0.15) is 22.3 Å². The van der Waals surface area contributed by atoms with E-state index < -0.39 is 13.5 Å². The Morgan fingerprint density at radius 1 is 0.317 bits per heavy atom. The van der Waals surface area contributed by atoms with Gasteiger partial charge in [0.1, 0.15) is 11.5 Å². The molecule has 2 aliphatic rings. The van der Waals surface area contributed by atoms with Gasteiger partial charge in [0.05, 0.1) is 16.8 Å². The summed E-state index contributed by atoms with van der Waals surface area (Å²) in [6.45, 7) is 0. The largest absolute Gasteiger partial charge is 0.457 e. The molecule has 0 radical (unpaired) electrons. The summed E-state index contributed by atoms with van der Waals surface area (Å²) in [5, 5.41) is 5.31. The highest BCUT2D eigenvalue weighted by Crippen LogP contribution is 2.62. The molecular weight excluding hydrogens is 781 g/mol. The first-order chi connectivity index (χ1) is 31.2. The first-order valence-corrected chi connectivity index (χ1v) is 23.6. The van der Waals surface area contributed by atoms with Gasteiger partial charge in [-0.25, -0.2) is 9.97 Å². The van der Waals surface area contributed by atoms with Gasteiger partial charge in [0.25, 0.3) is 0 Å². The molecular formula is C59H40N2OSi. The van der Waals surface area contributed by atoms with E-state index in [1.807, 2.05) is 6.07 Å². The van der Waals surface area contributed by atoms with Gasteiger partial charge in [0.2, 0.25) is 0 Å². The number of para-hydroxylation sites is 1. The lowest BCUT2D eigenvalue weighted by Gasteiger charge is -2.39. The molecule has 296 valence electrons. The van der Waals surface area contributed by atoms with Crippen LogP contribution >= 0.6 is 0 Å². The van der Waals surface area contributed by atoms with Gasteiger partial charge in [-0.15, -0.1) is 0 Å². The Morgan fingerprint density at radius 3 is 1.32 bits per heavy atom. The average molecular weight is 821 g/mol. The lowest BCUT2D eigenvalue weighted by Crippen LogP contribution is -2.74. The van der Waals surface area contributed by atoms with Crippen LogP contribution in [0.4, 0.5) is 0 Å². The van der Waals surface area contributed by atoms with E-state index in [1.54, 1.807) is 0 Å². The van der Waals surface area contributed by atoms with Crippen molar-refractivity contribution < 1.29 is 4.74 Å². The molecule has 0 amide bonds. The molecule has 1 aromatic heterocycles. The fraction of sp³-hybridized carbons (Fsp3) is 0.0169. The molecule has 10 aromatic rings. The molecule has 3 nitrogen and oxygen atoms in total. The number of benzene rings is 9. The van der Waals surface area contributed by atoms with E-state index in [0.717, 1.165) is 50.7 Å². The van der Waals surface area contributed by atoms with Crippen molar-refractivity contribution in [2.75, 3.05) is 0 Å². The van der Waals surface area contributed by atoms with Crippen molar-refractivity contribution in [2.45, 2.75) is 5.41 Å². The van der Waals surface area contributed by atoms with Gasteiger partial charge in [-0.2, -0.15) is 0 Å². The maximum Gasteiger partial charge on any atom is 0.179 e. The molecule has 9 aromatic carbocycles. The van der Waals surface area contributed by atoms with Crippen LogP contribution in [0.15, 0.2) is 243 Å². The third kappa shape index (κ3) is 5.72. The average Bonchev–Trinajstić information content (AvgIpc) is 3.66. The van der Waals surface area contributed by atoms with Crippen molar-refractivity contribution in [3.05, 3.63) is 265 Å². The molecule has 2 heterocycles. The Balaban J connectivity index is 1.04. The summed E-state index contributed by atoms with van der Waals surface area (Å²) in [4.78, 5) is 10.7. The zero-order chi connectivity index (χ0) is 41.8. The van der Waals surface area contributed by atoms with Gasteiger partial charge in [0.15, 0.2) is 13.9 Å². The molecule has 1 spiro atoms. The third-order valence-electron chi connectivity index (χ3n) is 13.1. The number of nitrogens with zero attached hydrogens (tertiary/aromatic N) is 2. The summed E-state index contributed by atoms with van der Waals surface area (Å²) in [5.74, 6) is 2.40. The van der Waals surface area contributed by atoms with Crippen LogP contribution in [0.5, 0.6) is 11.5 Å². The predicted octanol–water partition coefficient (Wildman–Crippen LogP) is 11.3. The van der Waals surface area contributed by atoms with E-state index in [9.17, 15) is 0 Å². The van der Waals surface area contributed by atoms with Crippen LogP contribution in [0.2, 0.25) is 0 Å². The van der Waals surface area contributed by atoms with Crippen LogP contribution < -0.4 is 25.5 Å². The topological polar surface area (TPSA) is 35.0 Å². The minimum Gasteiger partial charge on any atom is -0.457 e. The van der Waals surface area contributed by atoms with Crippen molar-refractivity contribution >= 4 is 28.8 Å². The minimum atomic E-state index is -2.71. The van der Waals surface area contributed by atoms with Crippen molar-refractivity contribution in [3.63, 3.8) is 0 Å². The zero-order valence-electron chi connectivity index (χ0n) is 34.4. The molecule has 4 heteroatoms. The Labute approximate surface area is 368 Å². The molecule has 0 fully saturated rings. The standard InChI is InChI=1S/C59H40N2OSi/c1-5-19-41(20-6-1)54-40-55(43-35-38-57-53(39-43)59(52-31-17-18-32-56(52)62-57)50-29-15-13-27-48(50)49-28-14-16-30-51(49)59)61-58(60-54)42-33-36-47(37-34-42)63(44-21-7-2-8-22-44,45-23-9-3-10-24-45)46-25-11-4-12-26-46/h1-40H. The van der Waals surface area contributed by atoms with Gasteiger partial charge >= 0.3 is 0 Å². The predicted molar refractivity (Wildman–Crippen MR) is 259 cm³/mol. The third-order valence-corrected chi connectivity index (χ3v) is 17.9. The Morgan fingerprint density at radius 2 is 0.746 bits per heavy atom. The Kier molecular flexibility index (Phi) is 8.73. The second-order valence-corrected chi connectivity index (χ2v) is 20.2. The lowest BCUT2D eigenvalue weighted by molar-refractivity contribution is 0.436. The van der Waals surface area contributed by atoms with Gasteiger partial charge in [-0.3, -0.25) is 0 Å². The van der Waals surface area contributed by atoms with Crippen molar-refractivity contribution in [3.8, 4) is 56.5 Å². The van der Waals surface area contributed by atoms with Gasteiger partial charge in [0, 0.05) is 27.8 Å². The van der Waals surface area contributed by atoms with Crippen LogP contribution in [0.3, 0.4) is 0 Å². The fourth-order valence-electron chi connectivity index (χ4n) is 10.4. The molecule has 12 rings (SSSR count). The van der Waals surface area contributed by atoms with Crippen molar-refractivity contribution in [1.82, 2.24) is 9.97 Å². The number of rotatable bonds is 7. The summed E-state index contributed by atoms with van der Waals surface area (Å²) >= 11 is 0. The SMILES string of the molecule is c1ccc(-c2cc(-c3ccc4c(c3)C3(c5ccccc5O4)c4ccccc4-c4ccccc43)nc(-c3ccc([Si](c4ccccc4)(c4ccccc4)c4ccccc4)cc3)n2)cc1. The smallest absolute Gasteiger partial charge is 0.179 e. The molecule has 0 unspecified atom stereocenters. The highest BCUT2D eigenvalue weighted by atomic mass is 28.3. The van der Waals surface area contributed by atoms with E-state index in [0.29, 0.717) is 5.82 Å². The number of fused-ring (bicyclic) bond motifs is 9. The molecule has 1 aliphatic heterocycles. The maximum absolute atomic E-state index is 6.78. The summed E-state index contributed by atoms with van der Waals surface area (Å²) in [7, 11) is -2.71. The highest BCUT2D eigenvalue weighted by Gasteiger charge is 2.51. The van der Waals surface area contributed by atoms with Gasteiger partial charge in [-0.05, 0) is 73.3 Å². The number of hydrogen-bond acceptors (Lipinski definition) is 3. The van der Waals surface area contributed by atoms with Crippen LogP contribution in [0.25, 0.3) is 45.0 Å². The van der Waals surface area contributed by atoms with E-state index >= 15 is 0 Å². The minimum absolute atomic E-state index is 0.575. The second-order valence-electron chi connectivity index (χ2n) is 16.4. The summed E-state index contributed by atoms with van der Waals surface area (Å²) in [6, 6.07) is 87.6. The highest BCUT2D eigenvalue weighted by molar-refractivity contribution is 7.19. The van der Waals surface area contributed by atoms with Crippen LogP contribution in [-0.4, -0.2) is 18.0 Å². The lowest BCUT2D eigenvalue weighted by atomic mass is 9.66. The monoisotopic (exact) mass is 820 g/mol. The molecule has 0 bridgehead atoms. The van der Waals surface area contributed by atoms with Gasteiger partial charge < -0.3 is 4.74 Å². The number of hydrogen-bond donors (Lipinski definition) is 0. The molecule has 0 saturated carbocycles. The first kappa shape index (κ1) is 36.9.